The molecule has 0 aliphatic heterocycles. The van der Waals surface area contributed by atoms with Gasteiger partial charge in [0.15, 0.2) is 0 Å². The van der Waals surface area contributed by atoms with E-state index >= 15 is 0 Å². The molecule has 0 radical (unpaired) electrons. The van der Waals surface area contributed by atoms with Crippen molar-refractivity contribution in [1.29, 1.82) is 0 Å². The number of rotatable bonds is 5. The fourth-order valence-corrected chi connectivity index (χ4v) is 1.62. The maximum Gasteiger partial charge on any atom is 0.126 e. The van der Waals surface area contributed by atoms with Gasteiger partial charge in [0.05, 0.1) is 0 Å². The van der Waals surface area contributed by atoms with Gasteiger partial charge in [0.25, 0.3) is 0 Å². The van der Waals surface area contributed by atoms with Crippen molar-refractivity contribution >= 4 is 0 Å². The van der Waals surface area contributed by atoms with E-state index in [0.29, 0.717) is 12.1 Å². The Hall–Kier alpha value is -0.960. The second kappa shape index (κ2) is 5.39. The highest BCUT2D eigenvalue weighted by Crippen LogP contribution is 2.24. The summed E-state index contributed by atoms with van der Waals surface area (Å²) < 4.78 is 26.2. The number of benzene rings is 1. The van der Waals surface area contributed by atoms with Crippen LogP contribution >= 0.6 is 0 Å². The highest BCUT2D eigenvalue weighted by atomic mass is 19.1. The standard InChI is InChI=1S/C13H19F2N/c1-4-5-16-9-13(2,3)10-6-11(14)8-12(15)7-10/h6-8,16H,4-5,9H2,1-3H3. The fourth-order valence-electron chi connectivity index (χ4n) is 1.62. The van der Waals surface area contributed by atoms with Crippen LogP contribution in [0.1, 0.15) is 32.8 Å². The molecule has 0 fully saturated rings. The molecule has 0 amide bonds. The van der Waals surface area contributed by atoms with Crippen molar-refractivity contribution < 1.29 is 8.78 Å². The Morgan fingerprint density at radius 2 is 1.69 bits per heavy atom. The van der Waals surface area contributed by atoms with E-state index in [0.717, 1.165) is 19.0 Å². The molecule has 0 aromatic heterocycles. The Balaban J connectivity index is 2.80. The summed E-state index contributed by atoms with van der Waals surface area (Å²) in [7, 11) is 0. The average Bonchev–Trinajstić information content (AvgIpc) is 2.16. The summed E-state index contributed by atoms with van der Waals surface area (Å²) in [5.41, 5.74) is 0.423. The molecule has 0 heterocycles. The number of halogens is 2. The Labute approximate surface area is 95.9 Å². The van der Waals surface area contributed by atoms with Gasteiger partial charge in [-0.3, -0.25) is 0 Å². The molecule has 0 aliphatic rings. The molecule has 90 valence electrons. The molecular weight excluding hydrogens is 208 g/mol. The first kappa shape index (κ1) is 13.1. The van der Waals surface area contributed by atoms with E-state index < -0.39 is 11.6 Å². The fraction of sp³-hybridized carbons (Fsp3) is 0.538. The zero-order valence-electron chi connectivity index (χ0n) is 10.1. The maximum absolute atomic E-state index is 13.1. The third kappa shape index (κ3) is 3.56. The van der Waals surface area contributed by atoms with Gasteiger partial charge in [0.1, 0.15) is 11.6 Å². The first-order valence-electron chi connectivity index (χ1n) is 5.63. The van der Waals surface area contributed by atoms with Gasteiger partial charge in [0, 0.05) is 18.0 Å². The number of hydrogen-bond donors (Lipinski definition) is 1. The topological polar surface area (TPSA) is 12.0 Å². The van der Waals surface area contributed by atoms with Crippen LogP contribution in [0.4, 0.5) is 8.78 Å². The molecule has 1 aromatic carbocycles. The highest BCUT2D eigenvalue weighted by molar-refractivity contribution is 5.25. The normalized spacial score (nSPS) is 11.8. The van der Waals surface area contributed by atoms with Gasteiger partial charge in [-0.1, -0.05) is 20.8 Å². The summed E-state index contributed by atoms with van der Waals surface area (Å²) in [4.78, 5) is 0. The molecule has 0 aliphatic carbocycles. The van der Waals surface area contributed by atoms with Crippen molar-refractivity contribution in [2.24, 2.45) is 0 Å². The molecule has 0 saturated carbocycles. The molecule has 1 rings (SSSR count). The minimum absolute atomic E-state index is 0.266. The van der Waals surface area contributed by atoms with Gasteiger partial charge in [0.2, 0.25) is 0 Å². The van der Waals surface area contributed by atoms with Crippen molar-refractivity contribution in [2.45, 2.75) is 32.6 Å². The molecule has 0 spiro atoms. The van der Waals surface area contributed by atoms with E-state index in [1.807, 2.05) is 13.8 Å². The second-order valence-corrected chi connectivity index (χ2v) is 4.72. The van der Waals surface area contributed by atoms with Crippen molar-refractivity contribution in [2.75, 3.05) is 13.1 Å². The van der Waals surface area contributed by atoms with Gasteiger partial charge >= 0.3 is 0 Å². The van der Waals surface area contributed by atoms with E-state index in [9.17, 15) is 8.78 Å². The highest BCUT2D eigenvalue weighted by Gasteiger charge is 2.21. The van der Waals surface area contributed by atoms with Crippen LogP contribution in [-0.4, -0.2) is 13.1 Å². The van der Waals surface area contributed by atoms with E-state index in [1.165, 1.54) is 12.1 Å². The average molecular weight is 227 g/mol. The second-order valence-electron chi connectivity index (χ2n) is 4.72. The third-order valence-corrected chi connectivity index (χ3v) is 2.64. The van der Waals surface area contributed by atoms with Crippen molar-refractivity contribution in [1.82, 2.24) is 5.32 Å². The van der Waals surface area contributed by atoms with Crippen LogP contribution in [0.15, 0.2) is 18.2 Å². The molecule has 3 heteroatoms. The minimum Gasteiger partial charge on any atom is -0.316 e. The predicted molar refractivity (Wildman–Crippen MR) is 62.5 cm³/mol. The summed E-state index contributed by atoms with van der Waals surface area (Å²) >= 11 is 0. The van der Waals surface area contributed by atoms with E-state index in [1.54, 1.807) is 0 Å². The van der Waals surface area contributed by atoms with Gasteiger partial charge in [-0.05, 0) is 30.7 Å². The summed E-state index contributed by atoms with van der Waals surface area (Å²) in [6.07, 6.45) is 1.05. The first-order valence-corrected chi connectivity index (χ1v) is 5.63. The van der Waals surface area contributed by atoms with Crippen LogP contribution in [0, 0.1) is 11.6 Å². The zero-order chi connectivity index (χ0) is 12.2. The Kier molecular flexibility index (Phi) is 4.42. The number of nitrogens with one attached hydrogen (secondary N) is 1. The largest absolute Gasteiger partial charge is 0.316 e. The van der Waals surface area contributed by atoms with Crippen LogP contribution in [0.25, 0.3) is 0 Å². The lowest BCUT2D eigenvalue weighted by atomic mass is 9.84. The first-order chi connectivity index (χ1) is 7.45. The van der Waals surface area contributed by atoms with E-state index in [-0.39, 0.29) is 5.41 Å². The lowest BCUT2D eigenvalue weighted by molar-refractivity contribution is 0.461. The Bertz CT molecular complexity index is 328. The maximum atomic E-state index is 13.1. The summed E-state index contributed by atoms with van der Waals surface area (Å²) in [6.45, 7) is 7.67. The van der Waals surface area contributed by atoms with Crippen molar-refractivity contribution in [3.63, 3.8) is 0 Å². The van der Waals surface area contributed by atoms with E-state index in [4.69, 9.17) is 0 Å². The smallest absolute Gasteiger partial charge is 0.126 e. The number of hydrogen-bond acceptors (Lipinski definition) is 1. The van der Waals surface area contributed by atoms with E-state index in [2.05, 4.69) is 12.2 Å². The quantitative estimate of drug-likeness (QED) is 0.761. The van der Waals surface area contributed by atoms with Crippen LogP contribution < -0.4 is 5.32 Å². The van der Waals surface area contributed by atoms with Crippen molar-refractivity contribution in [3.8, 4) is 0 Å². The summed E-state index contributed by atoms with van der Waals surface area (Å²) in [5.74, 6) is -1.03. The van der Waals surface area contributed by atoms with Crippen LogP contribution in [0.2, 0.25) is 0 Å². The zero-order valence-corrected chi connectivity index (χ0v) is 10.1. The molecule has 16 heavy (non-hydrogen) atoms. The lowest BCUT2D eigenvalue weighted by Crippen LogP contribution is -2.33. The van der Waals surface area contributed by atoms with Gasteiger partial charge in [-0.25, -0.2) is 8.78 Å². The molecule has 0 saturated heterocycles. The molecule has 0 atom stereocenters. The molecule has 1 N–H and O–H groups in total. The van der Waals surface area contributed by atoms with Crippen molar-refractivity contribution in [3.05, 3.63) is 35.4 Å². The van der Waals surface area contributed by atoms with Crippen LogP contribution in [0.5, 0.6) is 0 Å². The Morgan fingerprint density at radius 3 is 2.19 bits per heavy atom. The SMILES string of the molecule is CCCNCC(C)(C)c1cc(F)cc(F)c1. The third-order valence-electron chi connectivity index (χ3n) is 2.64. The molecule has 0 bridgehead atoms. The van der Waals surface area contributed by atoms with Crippen LogP contribution in [-0.2, 0) is 5.41 Å². The minimum atomic E-state index is -0.515. The molecule has 1 aromatic rings. The van der Waals surface area contributed by atoms with Gasteiger partial charge in [-0.2, -0.15) is 0 Å². The Morgan fingerprint density at radius 1 is 1.12 bits per heavy atom. The molecule has 1 nitrogen and oxygen atoms in total. The predicted octanol–water partition coefficient (Wildman–Crippen LogP) is 3.24. The lowest BCUT2D eigenvalue weighted by Gasteiger charge is -2.25. The molecule has 0 unspecified atom stereocenters. The molecular formula is C13H19F2N. The summed E-state index contributed by atoms with van der Waals surface area (Å²) in [5, 5.41) is 3.27. The van der Waals surface area contributed by atoms with Crippen LogP contribution in [0.3, 0.4) is 0 Å². The monoisotopic (exact) mass is 227 g/mol. The van der Waals surface area contributed by atoms with Gasteiger partial charge in [-0.15, -0.1) is 0 Å². The summed E-state index contributed by atoms with van der Waals surface area (Å²) in [6, 6.07) is 3.70. The van der Waals surface area contributed by atoms with Gasteiger partial charge < -0.3 is 5.32 Å².